The van der Waals surface area contributed by atoms with Crippen molar-refractivity contribution in [2.24, 2.45) is 0 Å². The highest BCUT2D eigenvalue weighted by atomic mass is 35.5. The molecule has 1 aliphatic heterocycles. The van der Waals surface area contributed by atoms with Gasteiger partial charge in [0.15, 0.2) is 5.13 Å². The highest BCUT2D eigenvalue weighted by Crippen LogP contribution is 2.29. The highest BCUT2D eigenvalue weighted by molar-refractivity contribution is 7.15. The third kappa shape index (κ3) is 3.58. The predicted octanol–water partition coefficient (Wildman–Crippen LogP) is 3.53. The Hall–Kier alpha value is -1.63. The average molecular weight is 338 g/mol. The van der Waals surface area contributed by atoms with E-state index in [1.54, 1.807) is 0 Å². The molecule has 1 amide bonds. The molecule has 1 aromatic carbocycles. The molecule has 3 rings (SSSR count). The van der Waals surface area contributed by atoms with Crippen molar-refractivity contribution in [1.82, 2.24) is 9.88 Å². The molecular formula is C15H16ClN3O2S. The molecular weight excluding hydrogens is 322 g/mol. The van der Waals surface area contributed by atoms with Gasteiger partial charge in [-0.1, -0.05) is 35.1 Å². The minimum absolute atomic E-state index is 0.484. The second-order valence-electron chi connectivity index (χ2n) is 5.10. The summed E-state index contributed by atoms with van der Waals surface area (Å²) >= 11 is 7.54. The van der Waals surface area contributed by atoms with Gasteiger partial charge in [-0.25, -0.2) is 9.78 Å². The molecule has 0 spiro atoms. The van der Waals surface area contributed by atoms with Gasteiger partial charge in [0.1, 0.15) is 0 Å². The molecule has 0 saturated heterocycles. The van der Waals surface area contributed by atoms with E-state index in [0.29, 0.717) is 5.13 Å². The molecule has 5 nitrogen and oxygen atoms in total. The summed E-state index contributed by atoms with van der Waals surface area (Å²) in [6.45, 7) is 2.64. The molecule has 1 aromatic heterocycles. The zero-order valence-electron chi connectivity index (χ0n) is 12.1. The summed E-state index contributed by atoms with van der Waals surface area (Å²) < 4.78 is 4.59. The van der Waals surface area contributed by atoms with Gasteiger partial charge < -0.3 is 4.74 Å². The Morgan fingerprint density at radius 2 is 2.41 bits per heavy atom. The number of carbonyl (C=O) groups is 1. The molecule has 0 aliphatic carbocycles. The Bertz CT molecular complexity index is 689. The molecule has 116 valence electrons. The Kier molecular flexibility index (Phi) is 4.61. The smallest absolute Gasteiger partial charge is 0.413 e. The van der Waals surface area contributed by atoms with Crippen LogP contribution in [0.25, 0.3) is 0 Å². The first-order valence-corrected chi connectivity index (χ1v) is 8.14. The van der Waals surface area contributed by atoms with Crippen molar-refractivity contribution in [3.8, 4) is 0 Å². The van der Waals surface area contributed by atoms with Crippen LogP contribution < -0.4 is 5.32 Å². The normalized spacial score (nSPS) is 14.5. The summed E-state index contributed by atoms with van der Waals surface area (Å²) in [5, 5.41) is 3.99. The summed E-state index contributed by atoms with van der Waals surface area (Å²) in [6, 6.07) is 7.93. The lowest BCUT2D eigenvalue weighted by atomic mass is 10.1. The highest BCUT2D eigenvalue weighted by Gasteiger charge is 2.21. The monoisotopic (exact) mass is 337 g/mol. The van der Waals surface area contributed by atoms with E-state index in [9.17, 15) is 4.79 Å². The number of hydrogen-bond donors (Lipinski definition) is 1. The van der Waals surface area contributed by atoms with Crippen molar-refractivity contribution in [2.45, 2.75) is 19.5 Å². The molecule has 7 heteroatoms. The van der Waals surface area contributed by atoms with Crippen molar-refractivity contribution in [3.05, 3.63) is 45.4 Å². The fourth-order valence-corrected chi connectivity index (χ4v) is 3.72. The van der Waals surface area contributed by atoms with Crippen LogP contribution in [0.1, 0.15) is 16.1 Å². The number of benzene rings is 1. The van der Waals surface area contributed by atoms with Crippen LogP contribution in [-0.2, 0) is 24.2 Å². The molecule has 0 bridgehead atoms. The SMILES string of the molecule is COC(=O)Nc1nc2c(s1)CN(Cc1cccc(Cl)c1)CC2. The fraction of sp³-hybridized carbons (Fsp3) is 0.333. The number of methoxy groups -OCH3 is 1. The topological polar surface area (TPSA) is 54.5 Å². The average Bonchev–Trinajstić information content (AvgIpc) is 2.88. The molecule has 1 N–H and O–H groups in total. The van der Waals surface area contributed by atoms with Crippen LogP contribution in [0.4, 0.5) is 9.93 Å². The number of rotatable bonds is 3. The molecule has 2 aromatic rings. The van der Waals surface area contributed by atoms with Gasteiger partial charge in [0, 0.05) is 36.0 Å². The second-order valence-corrected chi connectivity index (χ2v) is 6.62. The third-order valence-corrected chi connectivity index (χ3v) is 4.73. The van der Waals surface area contributed by atoms with Crippen LogP contribution in [0.3, 0.4) is 0 Å². The molecule has 2 heterocycles. The molecule has 0 saturated carbocycles. The summed E-state index contributed by atoms with van der Waals surface area (Å²) in [4.78, 5) is 19.2. The van der Waals surface area contributed by atoms with Crippen LogP contribution in [-0.4, -0.2) is 29.6 Å². The number of carbonyl (C=O) groups excluding carboxylic acids is 1. The van der Waals surface area contributed by atoms with E-state index in [0.717, 1.165) is 36.8 Å². The molecule has 0 fully saturated rings. The van der Waals surface area contributed by atoms with Gasteiger partial charge in [-0.05, 0) is 17.7 Å². The Morgan fingerprint density at radius 1 is 1.55 bits per heavy atom. The van der Waals surface area contributed by atoms with Gasteiger partial charge in [0.2, 0.25) is 0 Å². The predicted molar refractivity (Wildman–Crippen MR) is 87.4 cm³/mol. The number of nitrogens with zero attached hydrogens (tertiary/aromatic N) is 2. The zero-order valence-corrected chi connectivity index (χ0v) is 13.7. The molecule has 1 aliphatic rings. The first-order valence-electron chi connectivity index (χ1n) is 6.94. The standard InChI is InChI=1S/C15H16ClN3O2S/c1-21-15(20)18-14-17-12-5-6-19(9-13(12)22-14)8-10-3-2-4-11(16)7-10/h2-4,7H,5-6,8-9H2,1H3,(H,17,18,20). The number of hydrogen-bond acceptors (Lipinski definition) is 5. The third-order valence-electron chi connectivity index (χ3n) is 3.50. The van der Waals surface area contributed by atoms with E-state index < -0.39 is 6.09 Å². The van der Waals surface area contributed by atoms with Gasteiger partial charge in [-0.3, -0.25) is 10.2 Å². The lowest BCUT2D eigenvalue weighted by molar-refractivity contribution is 0.187. The van der Waals surface area contributed by atoms with E-state index >= 15 is 0 Å². The van der Waals surface area contributed by atoms with Gasteiger partial charge in [0.25, 0.3) is 0 Å². The van der Waals surface area contributed by atoms with Gasteiger partial charge >= 0.3 is 6.09 Å². The van der Waals surface area contributed by atoms with Crippen molar-refractivity contribution in [1.29, 1.82) is 0 Å². The van der Waals surface area contributed by atoms with E-state index in [2.05, 4.69) is 26.0 Å². The number of nitrogens with one attached hydrogen (secondary N) is 1. The fourth-order valence-electron chi connectivity index (χ4n) is 2.47. The largest absolute Gasteiger partial charge is 0.453 e. The van der Waals surface area contributed by atoms with E-state index in [1.165, 1.54) is 28.9 Å². The number of halogens is 1. The van der Waals surface area contributed by atoms with Crippen molar-refractivity contribution < 1.29 is 9.53 Å². The number of thiazole rings is 1. The van der Waals surface area contributed by atoms with Crippen molar-refractivity contribution in [2.75, 3.05) is 19.0 Å². The number of amides is 1. The number of fused-ring (bicyclic) bond motifs is 1. The maximum atomic E-state index is 11.2. The molecule has 22 heavy (non-hydrogen) atoms. The van der Waals surface area contributed by atoms with Crippen LogP contribution in [0.2, 0.25) is 5.02 Å². The van der Waals surface area contributed by atoms with Crippen LogP contribution >= 0.6 is 22.9 Å². The zero-order chi connectivity index (χ0) is 15.5. The van der Waals surface area contributed by atoms with Crippen LogP contribution in [0, 0.1) is 0 Å². The van der Waals surface area contributed by atoms with Gasteiger partial charge in [-0.15, -0.1) is 0 Å². The molecule has 0 radical (unpaired) electrons. The molecule has 0 unspecified atom stereocenters. The van der Waals surface area contributed by atoms with Gasteiger partial charge in [0.05, 0.1) is 12.8 Å². The number of aromatic nitrogens is 1. The van der Waals surface area contributed by atoms with E-state index in [1.807, 2.05) is 18.2 Å². The lowest BCUT2D eigenvalue weighted by Gasteiger charge is -2.25. The first kappa shape index (κ1) is 15.3. The van der Waals surface area contributed by atoms with E-state index in [-0.39, 0.29) is 0 Å². The number of anilines is 1. The second kappa shape index (κ2) is 6.64. The van der Waals surface area contributed by atoms with Crippen LogP contribution in [0.15, 0.2) is 24.3 Å². The summed E-state index contributed by atoms with van der Waals surface area (Å²) in [5.74, 6) is 0. The van der Waals surface area contributed by atoms with Crippen molar-refractivity contribution in [3.63, 3.8) is 0 Å². The lowest BCUT2D eigenvalue weighted by Crippen LogP contribution is -2.29. The minimum Gasteiger partial charge on any atom is -0.453 e. The quantitative estimate of drug-likeness (QED) is 0.930. The maximum absolute atomic E-state index is 11.2. The Morgan fingerprint density at radius 3 is 3.18 bits per heavy atom. The summed E-state index contributed by atoms with van der Waals surface area (Å²) in [5.41, 5.74) is 2.27. The van der Waals surface area contributed by atoms with Crippen molar-refractivity contribution >= 4 is 34.2 Å². The summed E-state index contributed by atoms with van der Waals surface area (Å²) in [7, 11) is 1.34. The Balaban J connectivity index is 1.67. The maximum Gasteiger partial charge on any atom is 0.413 e. The van der Waals surface area contributed by atoms with Gasteiger partial charge in [-0.2, -0.15) is 0 Å². The Labute approximate surface area is 137 Å². The summed E-state index contributed by atoms with van der Waals surface area (Å²) in [6.07, 6.45) is 0.400. The minimum atomic E-state index is -0.484. The molecule has 0 atom stereocenters. The first-order chi connectivity index (χ1) is 10.6. The van der Waals surface area contributed by atoms with E-state index in [4.69, 9.17) is 11.6 Å². The van der Waals surface area contributed by atoms with Crippen LogP contribution in [0.5, 0.6) is 0 Å². The number of ether oxygens (including phenoxy) is 1.